The molecule has 0 radical (unpaired) electrons. The molecule has 0 aliphatic carbocycles. The van der Waals surface area contributed by atoms with Crippen LogP contribution in [-0.4, -0.2) is 66.6 Å². The van der Waals surface area contributed by atoms with E-state index in [-0.39, 0.29) is 5.82 Å². The van der Waals surface area contributed by atoms with E-state index < -0.39 is 0 Å². The number of likely N-dealkylation sites (tertiary alicyclic amines) is 1. The smallest absolute Gasteiger partial charge is 0.191 e. The van der Waals surface area contributed by atoms with E-state index in [1.165, 1.54) is 0 Å². The van der Waals surface area contributed by atoms with Gasteiger partial charge in [0.15, 0.2) is 5.89 Å². The molecule has 0 spiro atoms. The molecule has 0 unspecified atom stereocenters. The molecule has 1 aromatic carbocycles. The third kappa shape index (κ3) is 3.85. The Labute approximate surface area is 148 Å². The van der Waals surface area contributed by atoms with E-state index in [9.17, 15) is 4.39 Å². The van der Waals surface area contributed by atoms with Crippen LogP contribution in [0, 0.1) is 12.7 Å². The van der Waals surface area contributed by atoms with Gasteiger partial charge >= 0.3 is 0 Å². The maximum absolute atomic E-state index is 13.0. The number of aromatic nitrogens is 1. The van der Waals surface area contributed by atoms with Gasteiger partial charge in [0, 0.05) is 70.9 Å². The summed E-state index contributed by atoms with van der Waals surface area (Å²) in [5.74, 6) is 1.56. The number of anilines is 1. The molecule has 2 aliphatic rings. The lowest BCUT2D eigenvalue weighted by molar-refractivity contribution is 0.0309. The molecule has 0 N–H and O–H groups in total. The van der Waals surface area contributed by atoms with Gasteiger partial charge in [-0.1, -0.05) is 0 Å². The van der Waals surface area contributed by atoms with Crippen LogP contribution in [0.2, 0.25) is 0 Å². The highest BCUT2D eigenvalue weighted by molar-refractivity contribution is 5.46. The largest absolute Gasteiger partial charge is 0.446 e. The summed E-state index contributed by atoms with van der Waals surface area (Å²) in [5.41, 5.74) is 1.12. The first-order valence-electron chi connectivity index (χ1n) is 9.05. The highest BCUT2D eigenvalue weighted by Crippen LogP contribution is 2.21. The lowest BCUT2D eigenvalue weighted by Crippen LogP contribution is -2.63. The zero-order valence-corrected chi connectivity index (χ0v) is 14.7. The van der Waals surface area contributed by atoms with Crippen molar-refractivity contribution < 1.29 is 8.81 Å². The maximum atomic E-state index is 13.0. The Morgan fingerprint density at radius 1 is 1.12 bits per heavy atom. The van der Waals surface area contributed by atoms with E-state index in [0.29, 0.717) is 6.04 Å². The zero-order chi connectivity index (χ0) is 17.2. The summed E-state index contributed by atoms with van der Waals surface area (Å²) in [6.07, 6.45) is 2.77. The fourth-order valence-corrected chi connectivity index (χ4v) is 3.74. The van der Waals surface area contributed by atoms with Crippen molar-refractivity contribution in [3.05, 3.63) is 47.9 Å². The number of benzene rings is 1. The molecule has 2 aliphatic heterocycles. The minimum atomic E-state index is -0.169. The van der Waals surface area contributed by atoms with E-state index in [0.717, 1.165) is 69.6 Å². The van der Waals surface area contributed by atoms with Gasteiger partial charge in [-0.15, -0.1) is 0 Å². The van der Waals surface area contributed by atoms with Gasteiger partial charge in [-0.25, -0.2) is 9.37 Å². The van der Waals surface area contributed by atoms with Crippen molar-refractivity contribution in [1.82, 2.24) is 14.8 Å². The Morgan fingerprint density at radius 2 is 1.84 bits per heavy atom. The topological polar surface area (TPSA) is 35.8 Å². The van der Waals surface area contributed by atoms with Crippen LogP contribution in [0.4, 0.5) is 10.1 Å². The summed E-state index contributed by atoms with van der Waals surface area (Å²) < 4.78 is 18.6. The molecule has 0 atom stereocenters. The summed E-state index contributed by atoms with van der Waals surface area (Å²) >= 11 is 0. The van der Waals surface area contributed by atoms with Crippen LogP contribution in [0.1, 0.15) is 11.7 Å². The van der Waals surface area contributed by atoms with Crippen LogP contribution in [0.3, 0.4) is 0 Å². The normalized spacial score (nSPS) is 20.0. The Kier molecular flexibility index (Phi) is 4.72. The molecule has 25 heavy (non-hydrogen) atoms. The maximum Gasteiger partial charge on any atom is 0.191 e. The average molecular weight is 344 g/mol. The van der Waals surface area contributed by atoms with Crippen molar-refractivity contribution in [2.75, 3.05) is 50.7 Å². The van der Waals surface area contributed by atoms with Gasteiger partial charge in [-0.05, 0) is 24.3 Å². The number of hydrogen-bond acceptors (Lipinski definition) is 5. The van der Waals surface area contributed by atoms with Crippen LogP contribution in [0.5, 0.6) is 0 Å². The fourth-order valence-electron chi connectivity index (χ4n) is 3.74. The van der Waals surface area contributed by atoms with Gasteiger partial charge in [0.2, 0.25) is 0 Å². The highest BCUT2D eigenvalue weighted by Gasteiger charge is 2.33. The first kappa shape index (κ1) is 16.5. The number of oxazole rings is 1. The number of nitrogens with zero attached hydrogens (tertiary/aromatic N) is 4. The monoisotopic (exact) mass is 344 g/mol. The lowest BCUT2D eigenvalue weighted by Gasteiger charge is -2.48. The van der Waals surface area contributed by atoms with Crippen molar-refractivity contribution in [1.29, 1.82) is 0 Å². The van der Waals surface area contributed by atoms with E-state index in [2.05, 4.69) is 19.7 Å². The molecule has 3 heterocycles. The molecule has 0 amide bonds. The molecule has 2 saturated heterocycles. The molecule has 2 aromatic rings. The average Bonchev–Trinajstić information content (AvgIpc) is 3.00. The summed E-state index contributed by atoms with van der Waals surface area (Å²) in [4.78, 5) is 11.6. The Hall–Kier alpha value is -1.92. The Bertz CT molecular complexity index is 688. The number of piperazine rings is 1. The van der Waals surface area contributed by atoms with E-state index in [1.54, 1.807) is 12.1 Å². The molecule has 0 saturated carbocycles. The van der Waals surface area contributed by atoms with Crippen LogP contribution >= 0.6 is 0 Å². The predicted molar refractivity (Wildman–Crippen MR) is 95.4 cm³/mol. The van der Waals surface area contributed by atoms with Gasteiger partial charge in [0.1, 0.15) is 11.6 Å². The standard InChI is InChI=1S/C19H25FN4O/c1-15-21-12-19(25-15)6-7-22-13-18(14-22)24-10-8-23(9-11-24)17-4-2-16(20)3-5-17/h2-5,12,18H,6-11,13-14H2,1H3. The zero-order valence-electron chi connectivity index (χ0n) is 14.7. The lowest BCUT2D eigenvalue weighted by atomic mass is 10.1. The summed E-state index contributed by atoms with van der Waals surface area (Å²) in [6, 6.07) is 7.51. The number of hydrogen-bond donors (Lipinski definition) is 0. The van der Waals surface area contributed by atoms with Gasteiger partial charge in [-0.3, -0.25) is 9.80 Å². The molecule has 4 rings (SSSR count). The third-order valence-corrected chi connectivity index (χ3v) is 5.30. The second-order valence-corrected chi connectivity index (χ2v) is 7.01. The quantitative estimate of drug-likeness (QED) is 0.831. The molecule has 0 bridgehead atoms. The molecule has 134 valence electrons. The predicted octanol–water partition coefficient (Wildman–Crippen LogP) is 2.17. The summed E-state index contributed by atoms with van der Waals surface area (Å²) in [5, 5.41) is 0. The Balaban J connectivity index is 1.19. The van der Waals surface area contributed by atoms with Crippen molar-refractivity contribution in [3.8, 4) is 0 Å². The number of rotatable bonds is 5. The SMILES string of the molecule is Cc1ncc(CCN2CC(N3CCN(c4ccc(F)cc4)CC3)C2)o1. The van der Waals surface area contributed by atoms with E-state index in [1.807, 2.05) is 25.3 Å². The van der Waals surface area contributed by atoms with Crippen molar-refractivity contribution in [2.24, 2.45) is 0 Å². The van der Waals surface area contributed by atoms with E-state index >= 15 is 0 Å². The molecule has 6 heteroatoms. The fraction of sp³-hybridized carbons (Fsp3) is 0.526. The molecular weight excluding hydrogens is 319 g/mol. The highest BCUT2D eigenvalue weighted by atomic mass is 19.1. The van der Waals surface area contributed by atoms with Gasteiger partial charge < -0.3 is 9.32 Å². The molecule has 1 aromatic heterocycles. The van der Waals surface area contributed by atoms with E-state index in [4.69, 9.17) is 4.42 Å². The molecule has 5 nitrogen and oxygen atoms in total. The first-order valence-corrected chi connectivity index (χ1v) is 9.05. The minimum absolute atomic E-state index is 0.169. The third-order valence-electron chi connectivity index (χ3n) is 5.30. The van der Waals surface area contributed by atoms with Gasteiger partial charge in [-0.2, -0.15) is 0 Å². The van der Waals surface area contributed by atoms with Crippen LogP contribution in [0.25, 0.3) is 0 Å². The van der Waals surface area contributed by atoms with Crippen LogP contribution in [0.15, 0.2) is 34.9 Å². The van der Waals surface area contributed by atoms with Crippen LogP contribution in [-0.2, 0) is 6.42 Å². The Morgan fingerprint density at radius 3 is 2.48 bits per heavy atom. The molecule has 2 fully saturated rings. The number of aryl methyl sites for hydroxylation is 1. The van der Waals surface area contributed by atoms with Gasteiger partial charge in [0.25, 0.3) is 0 Å². The second kappa shape index (κ2) is 7.14. The molecular formula is C19H25FN4O. The second-order valence-electron chi connectivity index (χ2n) is 7.01. The van der Waals surface area contributed by atoms with Crippen molar-refractivity contribution in [3.63, 3.8) is 0 Å². The number of halogens is 1. The van der Waals surface area contributed by atoms with Crippen molar-refractivity contribution >= 4 is 5.69 Å². The minimum Gasteiger partial charge on any atom is -0.446 e. The summed E-state index contributed by atoms with van der Waals surface area (Å²) in [6.45, 7) is 9.40. The first-order chi connectivity index (χ1) is 12.2. The summed E-state index contributed by atoms with van der Waals surface area (Å²) in [7, 11) is 0. The van der Waals surface area contributed by atoms with Crippen molar-refractivity contribution in [2.45, 2.75) is 19.4 Å². The van der Waals surface area contributed by atoms with Crippen LogP contribution < -0.4 is 4.90 Å². The van der Waals surface area contributed by atoms with Gasteiger partial charge in [0.05, 0.1) is 6.20 Å².